The molecule has 0 saturated carbocycles. The van der Waals surface area contributed by atoms with Crippen molar-refractivity contribution in [1.82, 2.24) is 9.88 Å². The minimum Gasteiger partial charge on any atom is -0.465 e. The molecule has 0 spiro atoms. The molecule has 1 saturated heterocycles. The summed E-state index contributed by atoms with van der Waals surface area (Å²) in [6.07, 6.45) is 1.56. The molecule has 18 heavy (non-hydrogen) atoms. The van der Waals surface area contributed by atoms with E-state index >= 15 is 0 Å². The van der Waals surface area contributed by atoms with Crippen LogP contribution in [0, 0.1) is 0 Å². The van der Waals surface area contributed by atoms with Crippen LogP contribution in [-0.4, -0.2) is 67.4 Å². The van der Waals surface area contributed by atoms with Gasteiger partial charge in [-0.3, -0.25) is 4.90 Å². The lowest BCUT2D eigenvalue weighted by atomic mass is 10.3. The zero-order valence-corrected chi connectivity index (χ0v) is 11.2. The molecule has 0 aromatic carbocycles. The van der Waals surface area contributed by atoms with Crippen LogP contribution in [0.4, 0.5) is 5.13 Å². The van der Waals surface area contributed by atoms with Crippen LogP contribution in [0.3, 0.4) is 0 Å². The number of piperazine rings is 1. The fourth-order valence-electron chi connectivity index (χ4n) is 1.91. The van der Waals surface area contributed by atoms with Crippen LogP contribution < -0.4 is 4.90 Å². The van der Waals surface area contributed by atoms with Crippen LogP contribution in [0.15, 0.2) is 6.20 Å². The predicted octanol–water partition coefficient (Wildman–Crippen LogP) is 0.0440. The molecular formula is C11H17N3O3S. The van der Waals surface area contributed by atoms with E-state index in [-0.39, 0.29) is 12.6 Å². The Morgan fingerprint density at radius 1 is 1.50 bits per heavy atom. The molecular weight excluding hydrogens is 254 g/mol. The lowest BCUT2D eigenvalue weighted by molar-refractivity contribution is 0.0606. The van der Waals surface area contributed by atoms with Crippen LogP contribution >= 0.6 is 11.3 Å². The van der Waals surface area contributed by atoms with Crippen molar-refractivity contribution in [2.75, 3.05) is 51.3 Å². The van der Waals surface area contributed by atoms with Gasteiger partial charge in [0.05, 0.1) is 19.9 Å². The average molecular weight is 271 g/mol. The molecule has 0 radical (unpaired) electrons. The summed E-state index contributed by atoms with van der Waals surface area (Å²) in [4.78, 5) is 20.5. The maximum atomic E-state index is 11.3. The Bertz CT molecular complexity index is 402. The average Bonchev–Trinajstić information content (AvgIpc) is 2.89. The maximum absolute atomic E-state index is 11.3. The van der Waals surface area contributed by atoms with Crippen molar-refractivity contribution in [1.29, 1.82) is 0 Å². The number of thiazole rings is 1. The summed E-state index contributed by atoms with van der Waals surface area (Å²) in [5, 5.41) is 9.74. The topological polar surface area (TPSA) is 65.9 Å². The first kappa shape index (κ1) is 13.3. The van der Waals surface area contributed by atoms with Crippen molar-refractivity contribution >= 4 is 22.4 Å². The molecule has 7 heteroatoms. The molecule has 2 rings (SSSR count). The smallest absolute Gasteiger partial charge is 0.349 e. The summed E-state index contributed by atoms with van der Waals surface area (Å²) >= 11 is 1.36. The van der Waals surface area contributed by atoms with E-state index in [0.29, 0.717) is 4.88 Å². The molecule has 2 heterocycles. The van der Waals surface area contributed by atoms with Gasteiger partial charge in [-0.2, -0.15) is 0 Å². The Kier molecular flexibility index (Phi) is 4.51. The van der Waals surface area contributed by atoms with Gasteiger partial charge in [0, 0.05) is 32.7 Å². The number of methoxy groups -OCH3 is 1. The summed E-state index contributed by atoms with van der Waals surface area (Å²) < 4.78 is 4.66. The van der Waals surface area contributed by atoms with Crippen molar-refractivity contribution in [2.45, 2.75) is 0 Å². The van der Waals surface area contributed by atoms with Crippen molar-refractivity contribution in [3.05, 3.63) is 11.1 Å². The Morgan fingerprint density at radius 2 is 2.22 bits per heavy atom. The number of aliphatic hydroxyl groups excluding tert-OH is 1. The van der Waals surface area contributed by atoms with E-state index in [4.69, 9.17) is 5.11 Å². The van der Waals surface area contributed by atoms with Gasteiger partial charge in [-0.15, -0.1) is 0 Å². The number of ether oxygens (including phenoxy) is 1. The fraction of sp³-hybridized carbons (Fsp3) is 0.636. The molecule has 1 aromatic heterocycles. The van der Waals surface area contributed by atoms with Gasteiger partial charge < -0.3 is 14.7 Å². The third-order valence-corrected chi connectivity index (χ3v) is 3.98. The zero-order valence-electron chi connectivity index (χ0n) is 10.3. The molecule has 0 bridgehead atoms. The van der Waals surface area contributed by atoms with Gasteiger partial charge in [0.15, 0.2) is 5.13 Å². The van der Waals surface area contributed by atoms with Crippen molar-refractivity contribution in [3.63, 3.8) is 0 Å². The quantitative estimate of drug-likeness (QED) is 0.780. The fourth-order valence-corrected chi connectivity index (χ4v) is 2.80. The molecule has 1 N–H and O–H groups in total. The van der Waals surface area contributed by atoms with Gasteiger partial charge in [0.2, 0.25) is 0 Å². The molecule has 100 valence electrons. The monoisotopic (exact) mass is 271 g/mol. The number of hydrogen-bond donors (Lipinski definition) is 1. The van der Waals surface area contributed by atoms with E-state index in [1.54, 1.807) is 6.20 Å². The number of anilines is 1. The van der Waals surface area contributed by atoms with Gasteiger partial charge >= 0.3 is 5.97 Å². The number of carbonyl (C=O) groups is 1. The molecule has 1 fully saturated rings. The Labute approximate surface area is 110 Å². The van der Waals surface area contributed by atoms with Gasteiger partial charge in [0.1, 0.15) is 4.88 Å². The number of carbonyl (C=O) groups excluding carboxylic acids is 1. The molecule has 1 aromatic rings. The minimum atomic E-state index is -0.335. The highest BCUT2D eigenvalue weighted by molar-refractivity contribution is 7.17. The summed E-state index contributed by atoms with van der Waals surface area (Å²) in [5.41, 5.74) is 0. The molecule has 0 amide bonds. The summed E-state index contributed by atoms with van der Waals surface area (Å²) in [6, 6.07) is 0. The van der Waals surface area contributed by atoms with Gasteiger partial charge in [-0.25, -0.2) is 9.78 Å². The standard InChI is InChI=1S/C11H17N3O3S/c1-17-10(16)9-8-12-11(18-9)14-4-2-13(3-5-14)6-7-15/h8,15H,2-7H2,1H3. The van der Waals surface area contributed by atoms with Crippen LogP contribution in [0.25, 0.3) is 0 Å². The first-order valence-corrected chi connectivity index (χ1v) is 6.68. The van der Waals surface area contributed by atoms with Crippen LogP contribution in [0.5, 0.6) is 0 Å². The second kappa shape index (κ2) is 6.12. The van der Waals surface area contributed by atoms with Crippen LogP contribution in [0.2, 0.25) is 0 Å². The van der Waals surface area contributed by atoms with E-state index in [0.717, 1.165) is 37.9 Å². The van der Waals surface area contributed by atoms with E-state index in [1.165, 1.54) is 18.4 Å². The number of esters is 1. The number of hydrogen-bond acceptors (Lipinski definition) is 7. The predicted molar refractivity (Wildman–Crippen MR) is 69.2 cm³/mol. The van der Waals surface area contributed by atoms with Crippen molar-refractivity contribution in [3.8, 4) is 0 Å². The number of nitrogens with zero attached hydrogens (tertiary/aromatic N) is 3. The van der Waals surface area contributed by atoms with E-state index in [1.807, 2.05) is 0 Å². The second-order valence-electron chi connectivity index (χ2n) is 4.05. The van der Waals surface area contributed by atoms with Crippen LogP contribution in [0.1, 0.15) is 9.67 Å². The Morgan fingerprint density at radius 3 is 2.83 bits per heavy atom. The lowest BCUT2D eigenvalue weighted by Gasteiger charge is -2.34. The number of aliphatic hydroxyl groups is 1. The summed E-state index contributed by atoms with van der Waals surface area (Å²) in [5.74, 6) is -0.335. The van der Waals surface area contributed by atoms with Crippen molar-refractivity contribution in [2.24, 2.45) is 0 Å². The molecule has 1 aliphatic heterocycles. The zero-order chi connectivity index (χ0) is 13.0. The van der Waals surface area contributed by atoms with Crippen molar-refractivity contribution < 1.29 is 14.6 Å². The van der Waals surface area contributed by atoms with E-state index < -0.39 is 0 Å². The largest absolute Gasteiger partial charge is 0.465 e. The summed E-state index contributed by atoms with van der Waals surface area (Å²) in [7, 11) is 1.37. The molecule has 0 atom stereocenters. The first-order chi connectivity index (χ1) is 8.74. The molecule has 1 aliphatic rings. The minimum absolute atomic E-state index is 0.198. The highest BCUT2D eigenvalue weighted by Gasteiger charge is 2.20. The lowest BCUT2D eigenvalue weighted by Crippen LogP contribution is -2.47. The van der Waals surface area contributed by atoms with Gasteiger partial charge in [-0.05, 0) is 0 Å². The highest BCUT2D eigenvalue weighted by atomic mass is 32.1. The number of aromatic nitrogens is 1. The normalized spacial score (nSPS) is 16.9. The molecule has 0 unspecified atom stereocenters. The van der Waals surface area contributed by atoms with E-state index in [2.05, 4.69) is 19.5 Å². The SMILES string of the molecule is COC(=O)c1cnc(N2CCN(CCO)CC2)s1. The maximum Gasteiger partial charge on any atom is 0.349 e. The number of β-amino-alcohol motifs (C(OH)–C–C–N with tert-alkyl or cyclic N) is 1. The number of rotatable bonds is 4. The first-order valence-electron chi connectivity index (χ1n) is 5.87. The third kappa shape index (κ3) is 2.98. The van der Waals surface area contributed by atoms with E-state index in [9.17, 15) is 4.79 Å². The second-order valence-corrected chi connectivity index (χ2v) is 5.06. The highest BCUT2D eigenvalue weighted by Crippen LogP contribution is 2.23. The van der Waals surface area contributed by atoms with Gasteiger partial charge in [-0.1, -0.05) is 11.3 Å². The molecule has 0 aliphatic carbocycles. The van der Waals surface area contributed by atoms with Gasteiger partial charge in [0.25, 0.3) is 0 Å². The third-order valence-electron chi connectivity index (χ3n) is 2.94. The Balaban J connectivity index is 1.93. The van der Waals surface area contributed by atoms with Crippen LogP contribution in [-0.2, 0) is 4.74 Å². The Hall–Kier alpha value is -1.18. The molecule has 6 nitrogen and oxygen atoms in total. The summed E-state index contributed by atoms with van der Waals surface area (Å²) in [6.45, 7) is 4.48.